The Morgan fingerprint density at radius 3 is 2.79 bits per heavy atom. The van der Waals surface area contributed by atoms with Gasteiger partial charge in [0, 0.05) is 11.6 Å². The lowest BCUT2D eigenvalue weighted by molar-refractivity contribution is -0.131. The molecule has 1 aromatic carbocycles. The molecule has 0 aliphatic carbocycles. The quantitative estimate of drug-likeness (QED) is 0.769. The predicted octanol–water partition coefficient (Wildman–Crippen LogP) is 2.89. The molecule has 2 nitrogen and oxygen atoms in total. The molecule has 0 heterocycles. The molecule has 0 saturated heterocycles. The summed E-state index contributed by atoms with van der Waals surface area (Å²) in [6.07, 6.45) is 2.00. The number of aliphatic carboxylic acids is 1. The Morgan fingerprint density at radius 2 is 2.21 bits per heavy atom. The molecule has 4 heteroatoms. The zero-order valence-corrected chi connectivity index (χ0v) is 8.18. The van der Waals surface area contributed by atoms with Gasteiger partial charge in [0.1, 0.15) is 5.82 Å². The molecule has 0 spiro atoms. The highest BCUT2D eigenvalue weighted by atomic mass is 35.5. The molecule has 0 aliphatic rings. The van der Waals surface area contributed by atoms with E-state index in [1.807, 2.05) is 0 Å². The van der Waals surface area contributed by atoms with Crippen molar-refractivity contribution in [2.45, 2.75) is 6.92 Å². The molecule has 74 valence electrons. The molecular formula is C10H8ClFO2. The first-order valence-corrected chi connectivity index (χ1v) is 4.26. The highest BCUT2D eigenvalue weighted by molar-refractivity contribution is 6.32. The largest absolute Gasteiger partial charge is 0.478 e. The first-order valence-electron chi connectivity index (χ1n) is 3.88. The first kappa shape index (κ1) is 10.7. The van der Waals surface area contributed by atoms with Crippen molar-refractivity contribution in [2.75, 3.05) is 0 Å². The van der Waals surface area contributed by atoms with Crippen molar-refractivity contribution < 1.29 is 14.3 Å². The van der Waals surface area contributed by atoms with Crippen molar-refractivity contribution in [3.63, 3.8) is 0 Å². The van der Waals surface area contributed by atoms with Gasteiger partial charge in [-0.2, -0.15) is 0 Å². The molecule has 0 fully saturated rings. The second-order valence-electron chi connectivity index (χ2n) is 2.76. The normalized spacial score (nSPS) is 10.8. The van der Waals surface area contributed by atoms with Crippen LogP contribution >= 0.6 is 11.6 Å². The monoisotopic (exact) mass is 214 g/mol. The van der Waals surface area contributed by atoms with Crippen LogP contribution in [0.4, 0.5) is 4.39 Å². The van der Waals surface area contributed by atoms with Crippen molar-refractivity contribution in [1.29, 1.82) is 0 Å². The topological polar surface area (TPSA) is 37.3 Å². The van der Waals surface area contributed by atoms with Crippen LogP contribution < -0.4 is 0 Å². The van der Waals surface area contributed by atoms with Crippen LogP contribution in [0.5, 0.6) is 0 Å². The number of carbonyl (C=O) groups is 1. The summed E-state index contributed by atoms with van der Waals surface area (Å²) in [4.78, 5) is 10.2. The number of benzene rings is 1. The fourth-order valence-electron chi connectivity index (χ4n) is 0.986. The maximum atomic E-state index is 13.4. The molecule has 0 amide bonds. The van der Waals surface area contributed by atoms with Crippen LogP contribution in [0.25, 0.3) is 6.08 Å². The minimum atomic E-state index is -1.14. The average molecular weight is 215 g/mol. The number of hydrogen-bond donors (Lipinski definition) is 1. The second-order valence-corrected chi connectivity index (χ2v) is 3.17. The number of halogens is 2. The zero-order valence-electron chi connectivity index (χ0n) is 7.42. The maximum Gasteiger partial charge on any atom is 0.328 e. The van der Waals surface area contributed by atoms with E-state index in [4.69, 9.17) is 16.7 Å². The third-order valence-electron chi connectivity index (χ3n) is 1.71. The van der Waals surface area contributed by atoms with Crippen LogP contribution in [0.1, 0.15) is 11.1 Å². The van der Waals surface area contributed by atoms with E-state index >= 15 is 0 Å². The summed E-state index contributed by atoms with van der Waals surface area (Å²) in [5, 5.41) is 8.57. The maximum absolute atomic E-state index is 13.4. The highest BCUT2D eigenvalue weighted by Gasteiger charge is 2.06. The molecule has 0 atom stereocenters. The second kappa shape index (κ2) is 4.24. The third-order valence-corrected chi connectivity index (χ3v) is 2.04. The van der Waals surface area contributed by atoms with E-state index in [1.54, 1.807) is 6.92 Å². The molecular weight excluding hydrogens is 207 g/mol. The fourth-order valence-corrected chi connectivity index (χ4v) is 1.19. The van der Waals surface area contributed by atoms with E-state index in [9.17, 15) is 9.18 Å². The summed E-state index contributed by atoms with van der Waals surface area (Å²) >= 11 is 5.70. The van der Waals surface area contributed by atoms with Crippen molar-refractivity contribution in [3.8, 4) is 0 Å². The SMILES string of the molecule is Cc1ccc(Cl)c(/C=C/C(=O)O)c1F. The zero-order chi connectivity index (χ0) is 10.7. The van der Waals surface area contributed by atoms with Crippen molar-refractivity contribution in [2.24, 2.45) is 0 Å². The molecule has 0 bridgehead atoms. The first-order chi connectivity index (χ1) is 6.52. The van der Waals surface area contributed by atoms with Gasteiger partial charge in [-0.25, -0.2) is 9.18 Å². The van der Waals surface area contributed by atoms with Crippen LogP contribution in [0.2, 0.25) is 5.02 Å². The van der Waals surface area contributed by atoms with Gasteiger partial charge < -0.3 is 5.11 Å². The Kier molecular flexibility index (Phi) is 3.25. The van der Waals surface area contributed by atoms with Gasteiger partial charge in [-0.05, 0) is 24.6 Å². The number of carboxylic acid groups (broad SMARTS) is 1. The van der Waals surface area contributed by atoms with E-state index in [0.29, 0.717) is 5.56 Å². The summed E-state index contributed by atoms with van der Waals surface area (Å²) in [5.74, 6) is -1.63. The average Bonchev–Trinajstić information content (AvgIpc) is 2.11. The molecule has 0 aromatic heterocycles. The Bertz CT molecular complexity index is 399. The van der Waals surface area contributed by atoms with Gasteiger partial charge in [-0.15, -0.1) is 0 Å². The Hall–Kier alpha value is -1.35. The van der Waals surface area contributed by atoms with E-state index in [1.165, 1.54) is 12.1 Å². The predicted molar refractivity (Wildman–Crippen MR) is 52.8 cm³/mol. The lowest BCUT2D eigenvalue weighted by Crippen LogP contribution is -1.91. The minimum absolute atomic E-state index is 0.106. The Balaban J connectivity index is 3.19. The van der Waals surface area contributed by atoms with E-state index in [2.05, 4.69) is 0 Å². The summed E-state index contributed by atoms with van der Waals surface area (Å²) in [7, 11) is 0. The van der Waals surface area contributed by atoms with E-state index < -0.39 is 11.8 Å². The smallest absolute Gasteiger partial charge is 0.328 e. The van der Waals surface area contributed by atoms with Gasteiger partial charge in [0.2, 0.25) is 0 Å². The van der Waals surface area contributed by atoms with Crippen LogP contribution in [0, 0.1) is 12.7 Å². The van der Waals surface area contributed by atoms with Gasteiger partial charge in [0.25, 0.3) is 0 Å². The third kappa shape index (κ3) is 2.33. The molecule has 0 unspecified atom stereocenters. The summed E-state index contributed by atoms with van der Waals surface area (Å²) in [5.41, 5.74) is 0.536. The molecule has 0 saturated carbocycles. The molecule has 1 aromatic rings. The van der Waals surface area contributed by atoms with E-state index in [0.717, 1.165) is 12.2 Å². The van der Waals surface area contributed by atoms with Crippen molar-refractivity contribution in [1.82, 2.24) is 0 Å². The van der Waals surface area contributed by atoms with Crippen LogP contribution in [-0.2, 0) is 4.79 Å². The number of rotatable bonds is 2. The van der Waals surface area contributed by atoms with Crippen molar-refractivity contribution in [3.05, 3.63) is 40.2 Å². The lowest BCUT2D eigenvalue weighted by atomic mass is 10.1. The number of aryl methyl sites for hydroxylation is 1. The highest BCUT2D eigenvalue weighted by Crippen LogP contribution is 2.23. The number of carboxylic acids is 1. The summed E-state index contributed by atoms with van der Waals surface area (Å²) in [6, 6.07) is 3.07. The lowest BCUT2D eigenvalue weighted by Gasteiger charge is -2.02. The number of hydrogen-bond acceptors (Lipinski definition) is 1. The fraction of sp³-hybridized carbons (Fsp3) is 0.100. The molecule has 1 N–H and O–H groups in total. The van der Waals surface area contributed by atoms with Gasteiger partial charge in [0.15, 0.2) is 0 Å². The van der Waals surface area contributed by atoms with Gasteiger partial charge >= 0.3 is 5.97 Å². The molecule has 14 heavy (non-hydrogen) atoms. The Labute approximate surface area is 85.6 Å². The van der Waals surface area contributed by atoms with Crippen LogP contribution in [0.3, 0.4) is 0 Å². The Morgan fingerprint density at radius 1 is 1.57 bits per heavy atom. The van der Waals surface area contributed by atoms with Crippen molar-refractivity contribution >= 4 is 23.6 Å². The molecule has 1 rings (SSSR count). The van der Waals surface area contributed by atoms with Gasteiger partial charge in [-0.1, -0.05) is 17.7 Å². The minimum Gasteiger partial charge on any atom is -0.478 e. The molecule has 0 aliphatic heterocycles. The van der Waals surface area contributed by atoms with Crippen LogP contribution in [-0.4, -0.2) is 11.1 Å². The standard InChI is InChI=1S/C10H8ClFO2/c1-6-2-4-8(11)7(10(6)12)3-5-9(13)14/h2-5H,1H3,(H,13,14)/b5-3+. The van der Waals surface area contributed by atoms with E-state index in [-0.39, 0.29) is 10.6 Å². The molecule has 0 radical (unpaired) electrons. The van der Waals surface area contributed by atoms with Crippen LogP contribution in [0.15, 0.2) is 18.2 Å². The van der Waals surface area contributed by atoms with Gasteiger partial charge in [0.05, 0.1) is 5.02 Å². The summed E-state index contributed by atoms with van der Waals surface area (Å²) < 4.78 is 13.4. The van der Waals surface area contributed by atoms with Gasteiger partial charge in [-0.3, -0.25) is 0 Å². The summed E-state index contributed by atoms with van der Waals surface area (Å²) in [6.45, 7) is 1.59.